The van der Waals surface area contributed by atoms with Crippen molar-refractivity contribution in [2.45, 2.75) is 25.3 Å². The van der Waals surface area contributed by atoms with E-state index < -0.39 is 0 Å². The molecule has 0 bridgehead atoms. The third kappa shape index (κ3) is 2.83. The lowest BCUT2D eigenvalue weighted by Crippen LogP contribution is -2.21. The van der Waals surface area contributed by atoms with Gasteiger partial charge in [0, 0.05) is 12.1 Å². The third-order valence-electron chi connectivity index (χ3n) is 2.33. The second-order valence-electron chi connectivity index (χ2n) is 3.56. The van der Waals surface area contributed by atoms with Gasteiger partial charge in [-0.25, -0.2) is 4.98 Å². The number of rotatable bonds is 2. The average Bonchev–Trinajstić information content (AvgIpc) is 2.17. The molecular weight excluding hydrogens is 212 g/mol. The Morgan fingerprint density at radius 3 is 2.93 bits per heavy atom. The highest BCUT2D eigenvalue weighted by Gasteiger charge is 2.10. The molecule has 1 heterocycles. The Morgan fingerprint density at radius 2 is 2.27 bits per heavy atom. The fourth-order valence-corrected chi connectivity index (χ4v) is 1.83. The molecule has 1 atom stereocenters. The van der Waals surface area contributed by atoms with E-state index in [-0.39, 0.29) is 5.95 Å². The van der Waals surface area contributed by atoms with Crippen LogP contribution in [0, 0.1) is 0 Å². The van der Waals surface area contributed by atoms with E-state index in [2.05, 4.69) is 27.4 Å². The summed E-state index contributed by atoms with van der Waals surface area (Å²) in [5.74, 6) is 0.907. The number of aromatic nitrogens is 2. The number of allylic oxidation sites excluding steroid dienone is 1. The summed E-state index contributed by atoms with van der Waals surface area (Å²) >= 11 is 5.78. The van der Waals surface area contributed by atoms with Gasteiger partial charge in [0.05, 0.1) is 0 Å². The minimum absolute atomic E-state index is 0.205. The first-order valence-electron chi connectivity index (χ1n) is 4.95. The minimum atomic E-state index is 0.205. The van der Waals surface area contributed by atoms with Crippen molar-refractivity contribution in [1.29, 1.82) is 0 Å². The summed E-state index contributed by atoms with van der Waals surface area (Å²) in [4.78, 5) is 7.88. The fourth-order valence-electron chi connectivity index (χ4n) is 1.64. The van der Waals surface area contributed by atoms with E-state index in [4.69, 9.17) is 17.3 Å². The van der Waals surface area contributed by atoms with Crippen LogP contribution in [0.15, 0.2) is 18.2 Å². The molecule has 0 saturated heterocycles. The first-order chi connectivity index (χ1) is 7.24. The second kappa shape index (κ2) is 4.49. The molecule has 5 heteroatoms. The van der Waals surface area contributed by atoms with Crippen LogP contribution in [-0.2, 0) is 0 Å². The van der Waals surface area contributed by atoms with Crippen LogP contribution in [0.25, 0.3) is 0 Å². The van der Waals surface area contributed by atoms with Crippen molar-refractivity contribution < 1.29 is 0 Å². The lowest BCUT2D eigenvalue weighted by atomic mass is 10.0. The van der Waals surface area contributed by atoms with Crippen LogP contribution in [0.4, 0.5) is 11.8 Å². The molecule has 0 spiro atoms. The van der Waals surface area contributed by atoms with Gasteiger partial charge in [-0.2, -0.15) is 4.98 Å². The number of halogens is 1. The first kappa shape index (κ1) is 10.2. The maximum atomic E-state index is 5.78. The van der Waals surface area contributed by atoms with Crippen molar-refractivity contribution in [3.8, 4) is 0 Å². The van der Waals surface area contributed by atoms with Crippen LogP contribution in [0.1, 0.15) is 19.3 Å². The number of hydrogen-bond acceptors (Lipinski definition) is 4. The lowest BCUT2D eigenvalue weighted by molar-refractivity contribution is 0.642. The van der Waals surface area contributed by atoms with Gasteiger partial charge in [0.1, 0.15) is 11.0 Å². The molecule has 80 valence electrons. The van der Waals surface area contributed by atoms with Crippen molar-refractivity contribution in [3.05, 3.63) is 23.4 Å². The van der Waals surface area contributed by atoms with E-state index in [0.717, 1.165) is 19.3 Å². The van der Waals surface area contributed by atoms with Crippen LogP contribution < -0.4 is 11.1 Å². The molecule has 0 radical (unpaired) electrons. The molecule has 0 aromatic carbocycles. The second-order valence-corrected chi connectivity index (χ2v) is 3.95. The minimum Gasteiger partial charge on any atom is -0.368 e. The Kier molecular flexibility index (Phi) is 3.06. The molecule has 1 aromatic rings. The summed E-state index contributed by atoms with van der Waals surface area (Å²) in [6, 6.07) is 2.11. The number of anilines is 2. The summed E-state index contributed by atoms with van der Waals surface area (Å²) in [5.41, 5.74) is 5.50. The van der Waals surface area contributed by atoms with E-state index in [1.807, 2.05) is 0 Å². The van der Waals surface area contributed by atoms with E-state index in [0.29, 0.717) is 17.0 Å². The van der Waals surface area contributed by atoms with E-state index in [1.165, 1.54) is 0 Å². The van der Waals surface area contributed by atoms with Gasteiger partial charge < -0.3 is 11.1 Å². The fraction of sp³-hybridized carbons (Fsp3) is 0.400. The molecule has 4 nitrogen and oxygen atoms in total. The SMILES string of the molecule is Nc1nc(Cl)cc(NC2CC=CCC2)n1. The normalized spacial score (nSPS) is 20.2. The van der Waals surface area contributed by atoms with Crippen LogP contribution in [0.3, 0.4) is 0 Å². The number of nitrogens with two attached hydrogens (primary N) is 1. The Bertz CT molecular complexity index is 357. The standard InChI is InChI=1S/C10H13ClN4/c11-8-6-9(15-10(12)14-8)13-7-4-2-1-3-5-7/h1-2,6-7H,3-5H2,(H3,12,13,14,15). The predicted octanol–water partition coefficient (Wildman–Crippen LogP) is 2.23. The summed E-state index contributed by atoms with van der Waals surface area (Å²) in [6.45, 7) is 0. The Morgan fingerprint density at radius 1 is 1.40 bits per heavy atom. The molecule has 0 fully saturated rings. The molecule has 1 unspecified atom stereocenters. The topological polar surface area (TPSA) is 63.8 Å². The van der Waals surface area contributed by atoms with Gasteiger partial charge in [-0.1, -0.05) is 23.8 Å². The molecule has 2 rings (SSSR count). The largest absolute Gasteiger partial charge is 0.368 e. The maximum Gasteiger partial charge on any atom is 0.223 e. The molecule has 1 aliphatic carbocycles. The van der Waals surface area contributed by atoms with Crippen LogP contribution >= 0.6 is 11.6 Å². The quantitative estimate of drug-likeness (QED) is 0.597. The number of nitrogens with one attached hydrogen (secondary N) is 1. The summed E-state index contributed by atoms with van der Waals surface area (Å²) in [6.07, 6.45) is 7.60. The van der Waals surface area contributed by atoms with Gasteiger partial charge in [-0.05, 0) is 19.3 Å². The zero-order valence-electron chi connectivity index (χ0n) is 8.28. The van der Waals surface area contributed by atoms with Gasteiger partial charge in [0.25, 0.3) is 0 Å². The van der Waals surface area contributed by atoms with Gasteiger partial charge in [-0.3, -0.25) is 0 Å². The predicted molar refractivity (Wildman–Crippen MR) is 61.9 cm³/mol. The summed E-state index contributed by atoms with van der Waals surface area (Å²) < 4.78 is 0. The zero-order valence-corrected chi connectivity index (χ0v) is 9.04. The summed E-state index contributed by atoms with van der Waals surface area (Å²) in [7, 11) is 0. The number of nitrogens with zero attached hydrogens (tertiary/aromatic N) is 2. The number of nitrogen functional groups attached to an aromatic ring is 1. The van der Waals surface area contributed by atoms with Crippen molar-refractivity contribution in [3.63, 3.8) is 0 Å². The highest BCUT2D eigenvalue weighted by Crippen LogP contribution is 2.18. The Labute approximate surface area is 93.6 Å². The molecule has 15 heavy (non-hydrogen) atoms. The van der Waals surface area contributed by atoms with Crippen LogP contribution in [0.5, 0.6) is 0 Å². The van der Waals surface area contributed by atoms with Gasteiger partial charge in [0.2, 0.25) is 5.95 Å². The lowest BCUT2D eigenvalue weighted by Gasteiger charge is -2.19. The van der Waals surface area contributed by atoms with E-state index in [9.17, 15) is 0 Å². The first-order valence-corrected chi connectivity index (χ1v) is 5.33. The average molecular weight is 225 g/mol. The molecule has 3 N–H and O–H groups in total. The zero-order chi connectivity index (χ0) is 10.7. The van der Waals surface area contributed by atoms with Crippen LogP contribution in [-0.4, -0.2) is 16.0 Å². The Balaban J connectivity index is 2.06. The highest BCUT2D eigenvalue weighted by molar-refractivity contribution is 6.29. The van der Waals surface area contributed by atoms with Gasteiger partial charge in [0.15, 0.2) is 0 Å². The van der Waals surface area contributed by atoms with Crippen molar-refractivity contribution >= 4 is 23.4 Å². The third-order valence-corrected chi connectivity index (χ3v) is 2.53. The van der Waals surface area contributed by atoms with Crippen LogP contribution in [0.2, 0.25) is 5.15 Å². The van der Waals surface area contributed by atoms with Gasteiger partial charge in [-0.15, -0.1) is 0 Å². The number of hydrogen-bond donors (Lipinski definition) is 2. The maximum absolute atomic E-state index is 5.78. The van der Waals surface area contributed by atoms with E-state index >= 15 is 0 Å². The molecule has 0 aliphatic heterocycles. The monoisotopic (exact) mass is 224 g/mol. The smallest absolute Gasteiger partial charge is 0.223 e. The van der Waals surface area contributed by atoms with Gasteiger partial charge >= 0.3 is 0 Å². The summed E-state index contributed by atoms with van der Waals surface area (Å²) in [5, 5.41) is 3.67. The molecule has 1 aliphatic rings. The Hall–Kier alpha value is -1.29. The molecule has 1 aromatic heterocycles. The molecule has 0 amide bonds. The van der Waals surface area contributed by atoms with E-state index in [1.54, 1.807) is 6.07 Å². The highest BCUT2D eigenvalue weighted by atomic mass is 35.5. The van der Waals surface area contributed by atoms with Crippen molar-refractivity contribution in [1.82, 2.24) is 9.97 Å². The van der Waals surface area contributed by atoms with Crippen molar-refractivity contribution in [2.24, 2.45) is 0 Å². The molecule has 0 saturated carbocycles. The molecular formula is C10H13ClN4. The van der Waals surface area contributed by atoms with Crippen molar-refractivity contribution in [2.75, 3.05) is 11.1 Å².